The molecule has 0 N–H and O–H groups in total. The van der Waals surface area contributed by atoms with Gasteiger partial charge in [0.25, 0.3) is 11.8 Å². The summed E-state index contributed by atoms with van der Waals surface area (Å²) in [4.78, 5) is 29.8. The van der Waals surface area contributed by atoms with Crippen LogP contribution in [0.15, 0.2) is 30.0 Å². The first-order valence-corrected chi connectivity index (χ1v) is 10.6. The number of amides is 2. The molecule has 6 nitrogen and oxygen atoms in total. The van der Waals surface area contributed by atoms with Crippen LogP contribution in [0.2, 0.25) is 0 Å². The second-order valence-electron chi connectivity index (χ2n) is 8.14. The van der Waals surface area contributed by atoms with Gasteiger partial charge in [0.1, 0.15) is 11.4 Å². The topological polar surface area (TPSA) is 59.1 Å². The summed E-state index contributed by atoms with van der Waals surface area (Å²) in [6.45, 7) is 10.4. The molecule has 0 radical (unpaired) electrons. The molecule has 1 fully saturated rings. The molecule has 0 saturated carbocycles. The third-order valence-corrected chi connectivity index (χ3v) is 5.06. The van der Waals surface area contributed by atoms with Crippen LogP contribution in [0.1, 0.15) is 52.5 Å². The van der Waals surface area contributed by atoms with E-state index < -0.39 is 0 Å². The number of carbonyl (C=O) groups is 2. The van der Waals surface area contributed by atoms with E-state index in [2.05, 4.69) is 4.90 Å². The van der Waals surface area contributed by atoms with Crippen molar-refractivity contribution >= 4 is 17.4 Å². The first-order valence-electron chi connectivity index (χ1n) is 10.6. The van der Waals surface area contributed by atoms with Crippen molar-refractivity contribution in [2.45, 2.75) is 59.2 Å². The number of imide groups is 1. The van der Waals surface area contributed by atoms with Gasteiger partial charge in [0.15, 0.2) is 0 Å². The Morgan fingerprint density at radius 3 is 2.17 bits per heavy atom. The normalized spacial score (nSPS) is 17.4. The van der Waals surface area contributed by atoms with Gasteiger partial charge in [-0.3, -0.25) is 14.5 Å². The van der Waals surface area contributed by atoms with Gasteiger partial charge in [-0.25, -0.2) is 0 Å². The van der Waals surface area contributed by atoms with E-state index in [-0.39, 0.29) is 24.0 Å². The van der Waals surface area contributed by atoms with Gasteiger partial charge in [0.2, 0.25) is 0 Å². The maximum atomic E-state index is 13.2. The van der Waals surface area contributed by atoms with Crippen LogP contribution in [0, 0.1) is 0 Å². The molecule has 1 aromatic rings. The second-order valence-corrected chi connectivity index (χ2v) is 8.14. The number of hydrogen-bond acceptors (Lipinski definition) is 5. The average molecular weight is 401 g/mol. The summed E-state index contributed by atoms with van der Waals surface area (Å²) in [5.74, 6) is 0.365. The third kappa shape index (κ3) is 4.99. The molecule has 0 atom stereocenters. The average Bonchev–Trinajstić information content (AvgIpc) is 3.26. The fraction of sp³-hybridized carbons (Fsp3) is 0.565. The van der Waals surface area contributed by atoms with Gasteiger partial charge in [-0.2, -0.15) is 0 Å². The van der Waals surface area contributed by atoms with Crippen LogP contribution in [0.4, 0.5) is 0 Å². The monoisotopic (exact) mass is 400 g/mol. The Morgan fingerprint density at radius 2 is 1.59 bits per heavy atom. The largest absolute Gasteiger partial charge is 0.491 e. The molecule has 1 aromatic carbocycles. The van der Waals surface area contributed by atoms with E-state index in [1.807, 2.05) is 52.0 Å². The third-order valence-electron chi connectivity index (χ3n) is 5.06. The van der Waals surface area contributed by atoms with E-state index >= 15 is 0 Å². The zero-order chi connectivity index (χ0) is 21.0. The number of nitrogens with zero attached hydrogens (tertiary/aromatic N) is 2. The van der Waals surface area contributed by atoms with Gasteiger partial charge in [-0.15, -0.1) is 0 Å². The molecule has 0 spiro atoms. The molecular formula is C23H32N2O4. The minimum atomic E-state index is -0.209. The number of benzene rings is 1. The van der Waals surface area contributed by atoms with E-state index in [0.29, 0.717) is 30.8 Å². The summed E-state index contributed by atoms with van der Waals surface area (Å²) in [6.07, 6.45) is 2.94. The first-order chi connectivity index (χ1) is 13.9. The number of rotatable bonds is 9. The summed E-state index contributed by atoms with van der Waals surface area (Å²) in [7, 11) is 0. The summed E-state index contributed by atoms with van der Waals surface area (Å²) in [6, 6.07) is 7.47. The van der Waals surface area contributed by atoms with Gasteiger partial charge < -0.3 is 14.4 Å². The lowest BCUT2D eigenvalue weighted by Gasteiger charge is -2.20. The molecule has 3 rings (SSSR count). The predicted octanol–water partition coefficient (Wildman–Crippen LogP) is 3.46. The molecule has 29 heavy (non-hydrogen) atoms. The van der Waals surface area contributed by atoms with Crippen LogP contribution >= 0.6 is 0 Å². The predicted molar refractivity (Wildman–Crippen MR) is 112 cm³/mol. The molecule has 0 bridgehead atoms. The summed E-state index contributed by atoms with van der Waals surface area (Å²) < 4.78 is 11.3. The number of ether oxygens (including phenoxy) is 2. The molecule has 1 saturated heterocycles. The van der Waals surface area contributed by atoms with E-state index in [0.717, 1.165) is 37.2 Å². The summed E-state index contributed by atoms with van der Waals surface area (Å²) in [5, 5.41) is 0. The Bertz CT molecular complexity index is 762. The molecule has 2 amide bonds. The smallest absolute Gasteiger partial charge is 0.277 e. The van der Waals surface area contributed by atoms with Crippen molar-refractivity contribution in [3.8, 4) is 5.75 Å². The Hall–Kier alpha value is -2.34. The highest BCUT2D eigenvalue weighted by molar-refractivity contribution is 6.35. The Morgan fingerprint density at radius 1 is 0.931 bits per heavy atom. The molecule has 2 aliphatic heterocycles. The first kappa shape index (κ1) is 21.4. The Labute approximate surface area is 173 Å². The minimum absolute atomic E-state index is 0.0819. The maximum absolute atomic E-state index is 13.2. The van der Waals surface area contributed by atoms with Crippen molar-refractivity contribution in [2.75, 3.05) is 26.2 Å². The van der Waals surface area contributed by atoms with E-state index in [9.17, 15) is 9.59 Å². The highest BCUT2D eigenvalue weighted by Crippen LogP contribution is 2.34. The van der Waals surface area contributed by atoms with Crippen LogP contribution in [0.3, 0.4) is 0 Å². The van der Waals surface area contributed by atoms with Crippen molar-refractivity contribution < 1.29 is 19.1 Å². The van der Waals surface area contributed by atoms with Gasteiger partial charge in [0.05, 0.1) is 17.8 Å². The quantitative estimate of drug-likeness (QED) is 0.469. The lowest BCUT2D eigenvalue weighted by molar-refractivity contribution is -0.137. The van der Waals surface area contributed by atoms with Crippen molar-refractivity contribution in [1.82, 2.24) is 9.80 Å². The zero-order valence-corrected chi connectivity index (χ0v) is 17.9. The molecule has 2 heterocycles. The van der Waals surface area contributed by atoms with Crippen molar-refractivity contribution in [3.05, 3.63) is 35.5 Å². The van der Waals surface area contributed by atoms with Gasteiger partial charge in [-0.05, 0) is 64.7 Å². The lowest BCUT2D eigenvalue weighted by Crippen LogP contribution is -2.35. The fourth-order valence-corrected chi connectivity index (χ4v) is 3.77. The zero-order valence-electron chi connectivity index (χ0n) is 17.9. The SMILES string of the molecule is CC(C)OCCCN1C(=O)C(c2ccc(OC(C)C)cc2)=C(N2CCCC2)C1=O. The molecule has 0 aromatic heterocycles. The number of carbonyl (C=O) groups excluding carboxylic acids is 2. The summed E-state index contributed by atoms with van der Waals surface area (Å²) in [5.41, 5.74) is 1.83. The van der Waals surface area contributed by atoms with Gasteiger partial charge >= 0.3 is 0 Å². The van der Waals surface area contributed by atoms with Crippen molar-refractivity contribution in [2.24, 2.45) is 0 Å². The van der Waals surface area contributed by atoms with Crippen LogP contribution in [0.5, 0.6) is 5.75 Å². The molecule has 2 aliphatic rings. The van der Waals surface area contributed by atoms with E-state index in [1.165, 1.54) is 4.90 Å². The molecule has 0 aliphatic carbocycles. The highest BCUT2D eigenvalue weighted by atomic mass is 16.5. The lowest BCUT2D eigenvalue weighted by atomic mass is 10.0. The Balaban J connectivity index is 1.84. The Kier molecular flexibility index (Phi) is 6.96. The van der Waals surface area contributed by atoms with Gasteiger partial charge in [0, 0.05) is 26.2 Å². The summed E-state index contributed by atoms with van der Waals surface area (Å²) >= 11 is 0. The molecule has 6 heteroatoms. The van der Waals surface area contributed by atoms with E-state index in [4.69, 9.17) is 9.47 Å². The van der Waals surface area contributed by atoms with Gasteiger partial charge in [-0.1, -0.05) is 12.1 Å². The standard InChI is InChI=1S/C23H32N2O4/c1-16(2)28-15-7-14-25-22(26)20(21(23(25)27)24-12-5-6-13-24)18-8-10-19(11-9-18)29-17(3)4/h8-11,16-17H,5-7,12-15H2,1-4H3. The van der Waals surface area contributed by atoms with E-state index in [1.54, 1.807) is 0 Å². The van der Waals surface area contributed by atoms with Crippen molar-refractivity contribution in [1.29, 1.82) is 0 Å². The van der Waals surface area contributed by atoms with Crippen LogP contribution in [-0.2, 0) is 14.3 Å². The molecular weight excluding hydrogens is 368 g/mol. The fourth-order valence-electron chi connectivity index (χ4n) is 3.77. The second kappa shape index (κ2) is 9.44. The molecule has 0 unspecified atom stereocenters. The minimum Gasteiger partial charge on any atom is -0.491 e. The molecule has 158 valence electrons. The maximum Gasteiger partial charge on any atom is 0.277 e. The van der Waals surface area contributed by atoms with Crippen LogP contribution in [0.25, 0.3) is 5.57 Å². The van der Waals surface area contributed by atoms with Crippen LogP contribution < -0.4 is 4.74 Å². The number of hydrogen-bond donors (Lipinski definition) is 0. The van der Waals surface area contributed by atoms with Crippen LogP contribution in [-0.4, -0.2) is 60.1 Å². The van der Waals surface area contributed by atoms with Crippen molar-refractivity contribution in [3.63, 3.8) is 0 Å². The number of likely N-dealkylation sites (tertiary alicyclic amines) is 1. The highest BCUT2D eigenvalue weighted by Gasteiger charge is 2.41.